The lowest BCUT2D eigenvalue weighted by Crippen LogP contribution is -2.56. The van der Waals surface area contributed by atoms with Gasteiger partial charge in [0.2, 0.25) is 6.10 Å². The Hall–Kier alpha value is -1.55. The number of likely N-dealkylation sites (tertiary alicyclic amines) is 1. The summed E-state index contributed by atoms with van der Waals surface area (Å²) in [5.41, 5.74) is 0.267. The van der Waals surface area contributed by atoms with Crippen LogP contribution in [0.25, 0.3) is 0 Å². The van der Waals surface area contributed by atoms with Crippen LogP contribution in [0.5, 0.6) is 0 Å². The molecule has 1 aromatic rings. The average molecular weight is 416 g/mol. The average Bonchev–Trinajstić information content (AvgIpc) is 2.71. The molecule has 5 atom stereocenters. The molecule has 1 amide bonds. The Morgan fingerprint density at radius 1 is 1.00 bits per heavy atom. The molecule has 0 aromatic heterocycles. The van der Waals surface area contributed by atoms with Crippen LogP contribution in [0.15, 0.2) is 30.3 Å². The topological polar surface area (TPSA) is 46.6 Å². The summed E-state index contributed by atoms with van der Waals surface area (Å²) in [5.74, 6) is 0.772. The normalized spacial score (nSPS) is 36.7. The number of esters is 1. The van der Waals surface area contributed by atoms with E-state index in [-0.39, 0.29) is 16.8 Å². The largest absolute Gasteiger partial charge is 0.447 e. The summed E-state index contributed by atoms with van der Waals surface area (Å²) in [4.78, 5) is 28.5. The predicted octanol–water partition coefficient (Wildman–Crippen LogP) is 4.86. The van der Waals surface area contributed by atoms with Crippen LogP contribution >= 0.6 is 11.6 Å². The van der Waals surface area contributed by atoms with Crippen LogP contribution in [-0.4, -0.2) is 34.7 Å². The maximum atomic E-state index is 13.6. The molecule has 2 unspecified atom stereocenters. The summed E-state index contributed by atoms with van der Waals surface area (Å²) in [6.07, 6.45) is 8.03. The van der Waals surface area contributed by atoms with Crippen LogP contribution in [0.2, 0.25) is 0 Å². The second kappa shape index (κ2) is 7.30. The van der Waals surface area contributed by atoms with E-state index in [2.05, 4.69) is 0 Å². The molecule has 0 spiro atoms. The molecule has 1 aromatic carbocycles. The van der Waals surface area contributed by atoms with Gasteiger partial charge >= 0.3 is 5.97 Å². The number of alkyl halides is 1. The maximum Gasteiger partial charge on any atom is 0.313 e. The molecule has 4 nitrogen and oxygen atoms in total. The minimum absolute atomic E-state index is 0.0745. The maximum absolute atomic E-state index is 13.6. The second-order valence-corrected chi connectivity index (χ2v) is 10.8. The van der Waals surface area contributed by atoms with Crippen LogP contribution in [0.3, 0.4) is 0 Å². The van der Waals surface area contributed by atoms with Gasteiger partial charge in [-0.1, -0.05) is 30.3 Å². The van der Waals surface area contributed by atoms with Crippen molar-refractivity contribution in [3.63, 3.8) is 0 Å². The van der Waals surface area contributed by atoms with Crippen molar-refractivity contribution in [2.75, 3.05) is 13.1 Å². The van der Waals surface area contributed by atoms with Gasteiger partial charge in [-0.3, -0.25) is 9.59 Å². The third kappa shape index (κ3) is 3.58. The van der Waals surface area contributed by atoms with Gasteiger partial charge in [0.05, 0.1) is 5.41 Å². The summed E-state index contributed by atoms with van der Waals surface area (Å²) < 4.78 is 6.09. The van der Waals surface area contributed by atoms with Crippen LogP contribution in [0.4, 0.5) is 0 Å². The molecular formula is C24H30ClNO3. The Bertz CT molecular complexity index is 775. The number of amides is 1. The highest BCUT2D eigenvalue weighted by Gasteiger charge is 2.61. The van der Waals surface area contributed by atoms with E-state index in [4.69, 9.17) is 16.3 Å². The molecule has 5 aliphatic rings. The molecule has 1 aliphatic heterocycles. The highest BCUT2D eigenvalue weighted by atomic mass is 35.5. The van der Waals surface area contributed by atoms with E-state index >= 15 is 0 Å². The standard InChI is InChI=1S/C24H30ClNO3/c25-24-14-17-11-18(15-24)13-23(12-17,16-24)22(28)29-20(19-7-3-1-4-8-19)21(27)26-9-5-2-6-10-26/h1,3-4,7-8,17-18,20H,2,5-6,9-16H2/t17-,18+,20-,23?,24?/m1/s1. The number of piperidine rings is 1. The minimum atomic E-state index is -0.846. The van der Waals surface area contributed by atoms with E-state index in [9.17, 15) is 9.59 Å². The first-order valence-corrected chi connectivity index (χ1v) is 11.6. The number of carbonyl (C=O) groups is 2. The summed E-state index contributed by atoms with van der Waals surface area (Å²) in [6.45, 7) is 1.50. The number of hydrogen-bond acceptors (Lipinski definition) is 3. The van der Waals surface area contributed by atoms with Gasteiger partial charge in [-0.2, -0.15) is 0 Å². The molecule has 4 bridgehead atoms. The van der Waals surface area contributed by atoms with Crippen LogP contribution in [0, 0.1) is 17.3 Å². The lowest BCUT2D eigenvalue weighted by molar-refractivity contribution is -0.181. The van der Waals surface area contributed by atoms with E-state index in [0.29, 0.717) is 18.3 Å². The number of ether oxygens (including phenoxy) is 1. The van der Waals surface area contributed by atoms with Crippen molar-refractivity contribution in [2.24, 2.45) is 17.3 Å². The van der Waals surface area contributed by atoms with Gasteiger partial charge < -0.3 is 9.64 Å². The first-order valence-electron chi connectivity index (χ1n) is 11.2. The first-order chi connectivity index (χ1) is 14.0. The monoisotopic (exact) mass is 415 g/mol. The smallest absolute Gasteiger partial charge is 0.313 e. The third-order valence-electron chi connectivity index (χ3n) is 7.64. The van der Waals surface area contributed by atoms with E-state index in [1.165, 1.54) is 6.42 Å². The van der Waals surface area contributed by atoms with Crippen molar-refractivity contribution >= 4 is 23.5 Å². The molecule has 0 N–H and O–H groups in total. The van der Waals surface area contributed by atoms with Crippen LogP contribution < -0.4 is 0 Å². The zero-order valence-electron chi connectivity index (χ0n) is 16.9. The van der Waals surface area contributed by atoms with Gasteiger partial charge in [-0.25, -0.2) is 0 Å². The van der Waals surface area contributed by atoms with Gasteiger partial charge in [0.25, 0.3) is 5.91 Å². The lowest BCUT2D eigenvalue weighted by atomic mass is 9.49. The van der Waals surface area contributed by atoms with E-state index in [0.717, 1.165) is 63.6 Å². The van der Waals surface area contributed by atoms with E-state index < -0.39 is 11.5 Å². The number of halogens is 1. The van der Waals surface area contributed by atoms with Gasteiger partial charge in [0.1, 0.15) is 0 Å². The molecule has 1 saturated heterocycles. The van der Waals surface area contributed by atoms with Crippen molar-refractivity contribution in [3.8, 4) is 0 Å². The Morgan fingerprint density at radius 3 is 2.28 bits per heavy atom. The fraction of sp³-hybridized carbons (Fsp3) is 0.667. The fourth-order valence-electron chi connectivity index (χ4n) is 6.79. The summed E-state index contributed by atoms with van der Waals surface area (Å²) in [7, 11) is 0. The lowest BCUT2D eigenvalue weighted by Gasteiger charge is -2.58. The first kappa shape index (κ1) is 19.4. The summed E-state index contributed by atoms with van der Waals surface area (Å²) in [5, 5.41) is 0. The molecule has 4 aliphatic carbocycles. The highest BCUT2D eigenvalue weighted by Crippen LogP contribution is 2.64. The fourth-order valence-corrected chi connectivity index (χ4v) is 7.48. The molecule has 5 heteroatoms. The van der Waals surface area contributed by atoms with Crippen molar-refractivity contribution in [2.45, 2.75) is 68.8 Å². The van der Waals surface area contributed by atoms with Crippen molar-refractivity contribution in [3.05, 3.63) is 35.9 Å². The Balaban J connectivity index is 1.40. The number of carbonyl (C=O) groups excluding carboxylic acids is 2. The second-order valence-electron chi connectivity index (χ2n) is 9.97. The number of hydrogen-bond donors (Lipinski definition) is 0. The highest BCUT2D eigenvalue weighted by molar-refractivity contribution is 6.24. The molecule has 5 fully saturated rings. The van der Waals surface area contributed by atoms with Crippen molar-refractivity contribution in [1.82, 2.24) is 4.90 Å². The quantitative estimate of drug-likeness (QED) is 0.521. The zero-order chi connectivity index (χ0) is 20.1. The number of nitrogens with zero attached hydrogens (tertiary/aromatic N) is 1. The van der Waals surface area contributed by atoms with Crippen LogP contribution in [-0.2, 0) is 14.3 Å². The minimum Gasteiger partial charge on any atom is -0.447 e. The summed E-state index contributed by atoms with van der Waals surface area (Å²) in [6, 6.07) is 9.51. The van der Waals surface area contributed by atoms with Crippen molar-refractivity contribution < 1.29 is 14.3 Å². The molecule has 4 saturated carbocycles. The molecule has 29 heavy (non-hydrogen) atoms. The number of rotatable bonds is 4. The zero-order valence-corrected chi connectivity index (χ0v) is 17.7. The molecule has 0 radical (unpaired) electrons. The molecule has 156 valence electrons. The predicted molar refractivity (Wildman–Crippen MR) is 111 cm³/mol. The van der Waals surface area contributed by atoms with Crippen LogP contribution in [0.1, 0.15) is 69.5 Å². The van der Waals surface area contributed by atoms with Gasteiger partial charge in [0.15, 0.2) is 0 Å². The molecule has 1 heterocycles. The number of benzene rings is 1. The Morgan fingerprint density at radius 2 is 1.66 bits per heavy atom. The van der Waals surface area contributed by atoms with E-state index in [1.807, 2.05) is 35.2 Å². The third-order valence-corrected chi connectivity index (χ3v) is 8.08. The molecule has 6 rings (SSSR count). The van der Waals surface area contributed by atoms with Gasteiger partial charge in [0, 0.05) is 23.5 Å². The van der Waals surface area contributed by atoms with E-state index in [1.54, 1.807) is 0 Å². The van der Waals surface area contributed by atoms with Crippen molar-refractivity contribution in [1.29, 1.82) is 0 Å². The molecular weight excluding hydrogens is 386 g/mol. The van der Waals surface area contributed by atoms with Gasteiger partial charge in [-0.05, 0) is 69.6 Å². The SMILES string of the molecule is O=C([C@H](OC(=O)C12C[C@@H]3C[C@@H](CC(Cl)(C3)C1)C2)c1ccccc1)N1CCCCC1. The Kier molecular flexibility index (Phi) is 4.89. The van der Waals surface area contributed by atoms with Gasteiger partial charge in [-0.15, -0.1) is 11.6 Å². The Labute approximate surface area is 177 Å². The summed E-state index contributed by atoms with van der Waals surface area (Å²) >= 11 is 6.92.